The van der Waals surface area contributed by atoms with E-state index in [1.165, 1.54) is 0 Å². The van der Waals surface area contributed by atoms with E-state index in [4.69, 9.17) is 44.2 Å². The predicted octanol–water partition coefficient (Wildman–Crippen LogP) is 6.37. The van der Waals surface area contributed by atoms with Crippen LogP contribution in [0.2, 0.25) is 10.0 Å². The predicted molar refractivity (Wildman–Crippen MR) is 165 cm³/mol. The monoisotopic (exact) mass is 612 g/mol. The van der Waals surface area contributed by atoms with Gasteiger partial charge in [-0.05, 0) is 77.9 Å². The average molecular weight is 613 g/mol. The van der Waals surface area contributed by atoms with Crippen LogP contribution in [0.3, 0.4) is 0 Å². The minimum absolute atomic E-state index is 0.0483. The van der Waals surface area contributed by atoms with Gasteiger partial charge in [-0.1, -0.05) is 47.3 Å². The zero-order valence-corrected chi connectivity index (χ0v) is 24.3. The van der Waals surface area contributed by atoms with Crippen LogP contribution in [0.4, 0.5) is 5.69 Å². The molecule has 0 radical (unpaired) electrons. The Kier molecular flexibility index (Phi) is 7.76. The number of aliphatic hydroxyl groups is 1. The van der Waals surface area contributed by atoms with Crippen molar-refractivity contribution in [3.8, 4) is 29.6 Å². The van der Waals surface area contributed by atoms with E-state index < -0.39 is 17.4 Å². The number of benzene rings is 4. The van der Waals surface area contributed by atoms with Crippen LogP contribution in [-0.4, -0.2) is 30.1 Å². The fourth-order valence-electron chi connectivity index (χ4n) is 6.12. The van der Waals surface area contributed by atoms with Gasteiger partial charge in [0, 0.05) is 39.2 Å². The Bertz CT molecular complexity index is 1770. The Balaban J connectivity index is 1.54. The number of amides is 2. The number of carbonyl (C=O) groups is 2. The Morgan fingerprint density at radius 3 is 2.47 bits per heavy atom. The number of rotatable bonds is 7. The second kappa shape index (κ2) is 11.7. The van der Waals surface area contributed by atoms with E-state index in [1.807, 2.05) is 18.2 Å². The summed E-state index contributed by atoms with van der Waals surface area (Å²) in [5.41, 5.74) is 1.80. The number of hydrogen-bond donors (Lipinski definition) is 3. The summed E-state index contributed by atoms with van der Waals surface area (Å²) in [6.45, 7) is 0.0704. The summed E-state index contributed by atoms with van der Waals surface area (Å²) in [6.07, 6.45) is 5.87. The average Bonchev–Trinajstić information content (AvgIpc) is 3.28. The third-order valence-corrected chi connectivity index (χ3v) is 8.37. The van der Waals surface area contributed by atoms with E-state index in [0.29, 0.717) is 49.7 Å². The van der Waals surface area contributed by atoms with Crippen LogP contribution in [0.1, 0.15) is 40.6 Å². The van der Waals surface area contributed by atoms with Crippen molar-refractivity contribution < 1.29 is 24.2 Å². The second-order valence-electron chi connectivity index (χ2n) is 10.4. The van der Waals surface area contributed by atoms with E-state index >= 15 is 0 Å². The maximum absolute atomic E-state index is 14.4. The summed E-state index contributed by atoms with van der Waals surface area (Å²) in [4.78, 5) is 27.8. The largest absolute Gasteiger partial charge is 0.491 e. The normalized spacial score (nSPS) is 20.6. The smallest absolute Gasteiger partial charge is 0.238 e. The van der Waals surface area contributed by atoms with Gasteiger partial charge in [0.1, 0.15) is 29.3 Å². The maximum atomic E-state index is 14.4. The van der Waals surface area contributed by atoms with Crippen LogP contribution in [0, 0.1) is 12.3 Å². The van der Waals surface area contributed by atoms with Crippen LogP contribution >= 0.6 is 23.2 Å². The number of halogens is 2. The Morgan fingerprint density at radius 1 is 0.953 bits per heavy atom. The van der Waals surface area contributed by atoms with Crippen LogP contribution in [-0.2, 0) is 15.0 Å². The van der Waals surface area contributed by atoms with Gasteiger partial charge in [-0.15, -0.1) is 6.42 Å². The molecule has 0 saturated carbocycles. The van der Waals surface area contributed by atoms with Crippen LogP contribution in [0.25, 0.3) is 0 Å². The first kappa shape index (κ1) is 28.6. The Labute approximate surface area is 258 Å². The van der Waals surface area contributed by atoms with Crippen molar-refractivity contribution in [2.45, 2.75) is 23.8 Å². The van der Waals surface area contributed by atoms with E-state index in [2.05, 4.69) is 16.6 Å². The van der Waals surface area contributed by atoms with Gasteiger partial charge < -0.3 is 25.2 Å². The molecule has 0 aromatic heterocycles. The molecule has 3 N–H and O–H groups in total. The highest BCUT2D eigenvalue weighted by atomic mass is 35.5. The molecule has 7 nitrogen and oxygen atoms in total. The van der Waals surface area contributed by atoms with Gasteiger partial charge in [0.25, 0.3) is 0 Å². The highest BCUT2D eigenvalue weighted by Crippen LogP contribution is 2.58. The number of carbonyl (C=O) groups excluding carboxylic acids is 2. The van der Waals surface area contributed by atoms with Crippen molar-refractivity contribution >= 4 is 40.7 Å². The number of terminal acetylenes is 1. The number of anilines is 1. The molecule has 6 rings (SSSR count). The van der Waals surface area contributed by atoms with Crippen LogP contribution in [0.5, 0.6) is 17.2 Å². The molecule has 3 atom stereocenters. The first-order chi connectivity index (χ1) is 20.8. The van der Waals surface area contributed by atoms with E-state index in [-0.39, 0.29) is 31.4 Å². The third kappa shape index (κ3) is 5.19. The lowest BCUT2D eigenvalue weighted by atomic mass is 9.59. The first-order valence-corrected chi connectivity index (χ1v) is 14.4. The standard InChI is InChI=1S/C34H26Cl2N2O5/c1-2-20-6-13-30(43-25-10-8-24(9-11-25)42-15-14-39)26(16-20)32-34(27-12-7-23(36)18-29(27)37-33(34)41)28(19-31(40)38-32)21-4-3-5-22(35)17-21/h1,3-13,16-18,28,32,39H,14-15,19H2,(H,37,41)(H,38,40)/t28-,32+,34-/m1/s1. The van der Waals surface area contributed by atoms with E-state index in [1.54, 1.807) is 66.7 Å². The summed E-state index contributed by atoms with van der Waals surface area (Å²) in [7, 11) is 0. The number of ether oxygens (including phenoxy) is 2. The lowest BCUT2D eigenvalue weighted by molar-refractivity contribution is -0.131. The van der Waals surface area contributed by atoms with Crippen LogP contribution in [0.15, 0.2) is 84.9 Å². The van der Waals surface area contributed by atoms with E-state index in [9.17, 15) is 9.59 Å². The SMILES string of the molecule is C#Cc1ccc(Oc2ccc(OCCO)cc2)c([C@@H]2NC(=O)C[C@H](c3cccc(Cl)c3)[C@@]23C(=O)Nc2cc(Cl)ccc23)c1. The molecule has 0 aliphatic carbocycles. The summed E-state index contributed by atoms with van der Waals surface area (Å²) >= 11 is 12.8. The highest BCUT2D eigenvalue weighted by molar-refractivity contribution is 6.31. The topological polar surface area (TPSA) is 96.9 Å². The van der Waals surface area contributed by atoms with Gasteiger partial charge in [0.05, 0.1) is 12.6 Å². The molecular weight excluding hydrogens is 587 g/mol. The summed E-state index contributed by atoms with van der Waals surface area (Å²) in [5.74, 6) is 3.03. The Morgan fingerprint density at radius 2 is 1.72 bits per heavy atom. The van der Waals surface area contributed by atoms with Gasteiger partial charge in [0.2, 0.25) is 11.8 Å². The van der Waals surface area contributed by atoms with Crippen molar-refractivity contribution in [1.82, 2.24) is 5.32 Å². The fraction of sp³-hybridized carbons (Fsp3) is 0.176. The van der Waals surface area contributed by atoms with Gasteiger partial charge in [-0.3, -0.25) is 9.59 Å². The molecule has 216 valence electrons. The molecule has 2 heterocycles. The molecule has 2 aliphatic rings. The molecule has 9 heteroatoms. The number of hydrogen-bond acceptors (Lipinski definition) is 5. The minimum atomic E-state index is -1.30. The second-order valence-corrected chi connectivity index (χ2v) is 11.2. The molecule has 0 bridgehead atoms. The number of piperidine rings is 1. The first-order valence-electron chi connectivity index (χ1n) is 13.6. The van der Waals surface area contributed by atoms with E-state index in [0.717, 1.165) is 5.56 Å². The maximum Gasteiger partial charge on any atom is 0.238 e. The molecule has 2 amide bonds. The van der Waals surface area contributed by atoms with Crippen molar-refractivity contribution in [2.75, 3.05) is 18.5 Å². The number of nitrogens with one attached hydrogen (secondary N) is 2. The van der Waals surface area contributed by atoms with Crippen molar-refractivity contribution in [3.63, 3.8) is 0 Å². The van der Waals surface area contributed by atoms with Crippen molar-refractivity contribution in [2.24, 2.45) is 0 Å². The zero-order chi connectivity index (χ0) is 30.1. The third-order valence-electron chi connectivity index (χ3n) is 7.90. The molecule has 4 aromatic rings. The molecule has 1 fully saturated rings. The van der Waals surface area contributed by atoms with Crippen molar-refractivity contribution in [3.05, 3.63) is 117 Å². The fourth-order valence-corrected chi connectivity index (χ4v) is 6.49. The molecule has 4 aromatic carbocycles. The molecule has 0 unspecified atom stereocenters. The quantitative estimate of drug-likeness (QED) is 0.211. The lowest BCUT2D eigenvalue weighted by Crippen LogP contribution is -2.56. The summed E-state index contributed by atoms with van der Waals surface area (Å²) in [6, 6.07) is 23.8. The van der Waals surface area contributed by atoms with Crippen LogP contribution < -0.4 is 20.1 Å². The van der Waals surface area contributed by atoms with Crippen molar-refractivity contribution in [1.29, 1.82) is 0 Å². The molecule has 2 aliphatic heterocycles. The van der Waals surface area contributed by atoms with Gasteiger partial charge in [-0.25, -0.2) is 0 Å². The van der Waals surface area contributed by atoms with Gasteiger partial charge >= 0.3 is 0 Å². The Hall–Kier alpha value is -4.48. The lowest BCUT2D eigenvalue weighted by Gasteiger charge is -2.46. The van der Waals surface area contributed by atoms with Gasteiger partial charge in [0.15, 0.2) is 0 Å². The molecule has 1 spiro atoms. The summed E-state index contributed by atoms with van der Waals surface area (Å²) < 4.78 is 11.8. The number of fused-ring (bicyclic) bond motifs is 2. The molecule has 43 heavy (non-hydrogen) atoms. The number of aliphatic hydroxyl groups excluding tert-OH is 1. The summed E-state index contributed by atoms with van der Waals surface area (Å²) in [5, 5.41) is 16.2. The van der Waals surface area contributed by atoms with Gasteiger partial charge in [-0.2, -0.15) is 0 Å². The molecular formula is C34H26Cl2N2O5. The zero-order valence-electron chi connectivity index (χ0n) is 22.8. The minimum Gasteiger partial charge on any atom is -0.491 e. The molecule has 1 saturated heterocycles. The highest BCUT2D eigenvalue weighted by Gasteiger charge is 2.61.